The molecule has 6 heteroatoms. The quantitative estimate of drug-likeness (QED) is 0.836. The van der Waals surface area contributed by atoms with Gasteiger partial charge in [0.15, 0.2) is 0 Å². The van der Waals surface area contributed by atoms with Crippen molar-refractivity contribution in [1.82, 2.24) is 10.6 Å². The Hall–Kier alpha value is -2.24. The number of benzene rings is 1. The fourth-order valence-corrected chi connectivity index (χ4v) is 1.52. The Morgan fingerprint density at radius 3 is 2.89 bits per heavy atom. The molecule has 1 aliphatic heterocycles. The maximum absolute atomic E-state index is 11.4. The zero-order valence-electron chi connectivity index (χ0n) is 9.72. The fourth-order valence-electron chi connectivity index (χ4n) is 1.52. The Morgan fingerprint density at radius 2 is 2.22 bits per heavy atom. The summed E-state index contributed by atoms with van der Waals surface area (Å²) in [6.07, 6.45) is -1.32. The van der Waals surface area contributed by atoms with E-state index in [-0.39, 0.29) is 19.3 Å². The van der Waals surface area contributed by atoms with E-state index in [1.165, 1.54) is 0 Å². The van der Waals surface area contributed by atoms with Crippen molar-refractivity contribution in [2.24, 2.45) is 0 Å². The Kier molecular flexibility index (Phi) is 4.01. The van der Waals surface area contributed by atoms with Crippen molar-refractivity contribution in [3.05, 3.63) is 35.9 Å². The number of hydrogen-bond donors (Lipinski definition) is 2. The lowest BCUT2D eigenvalue weighted by Crippen LogP contribution is -2.34. The number of carbonyl (C=O) groups excluding carboxylic acids is 2. The van der Waals surface area contributed by atoms with Crippen LogP contribution in [0.1, 0.15) is 5.56 Å². The normalized spacial score (nSPS) is 17.8. The molecule has 1 heterocycles. The van der Waals surface area contributed by atoms with Gasteiger partial charge in [0, 0.05) is 0 Å². The van der Waals surface area contributed by atoms with Crippen LogP contribution >= 0.6 is 0 Å². The minimum absolute atomic E-state index is 0.218. The second kappa shape index (κ2) is 5.90. The molecule has 18 heavy (non-hydrogen) atoms. The lowest BCUT2D eigenvalue weighted by atomic mass is 10.2. The molecule has 1 saturated heterocycles. The predicted molar refractivity (Wildman–Crippen MR) is 62.9 cm³/mol. The first-order valence-corrected chi connectivity index (χ1v) is 5.63. The van der Waals surface area contributed by atoms with Crippen LogP contribution in [-0.2, 0) is 16.1 Å². The minimum Gasteiger partial charge on any atom is -0.445 e. The van der Waals surface area contributed by atoms with Crippen LogP contribution in [0.15, 0.2) is 30.3 Å². The Balaban J connectivity index is 1.65. The average Bonchev–Trinajstić information content (AvgIpc) is 2.81. The molecule has 0 radical (unpaired) electrons. The second-order valence-electron chi connectivity index (χ2n) is 3.85. The average molecular weight is 250 g/mol. The highest BCUT2D eigenvalue weighted by molar-refractivity contribution is 5.70. The Labute approximate surface area is 104 Å². The van der Waals surface area contributed by atoms with E-state index >= 15 is 0 Å². The number of alkyl carbamates (subject to hydrolysis) is 2. The molecule has 0 unspecified atom stereocenters. The van der Waals surface area contributed by atoms with E-state index in [1.54, 1.807) is 0 Å². The molecule has 1 aromatic carbocycles. The molecule has 1 atom stereocenters. The highest BCUT2D eigenvalue weighted by atomic mass is 16.6. The summed E-state index contributed by atoms with van der Waals surface area (Å²) >= 11 is 0. The summed E-state index contributed by atoms with van der Waals surface area (Å²) in [5.41, 5.74) is 0.918. The number of rotatable bonds is 4. The molecule has 96 valence electrons. The maximum atomic E-state index is 11.4. The third-order valence-corrected chi connectivity index (χ3v) is 2.43. The Bertz CT molecular complexity index is 421. The molecule has 2 amide bonds. The molecule has 0 saturated carbocycles. The lowest BCUT2D eigenvalue weighted by molar-refractivity contribution is 0.121. The molecule has 0 spiro atoms. The van der Waals surface area contributed by atoms with Gasteiger partial charge in [0.05, 0.1) is 13.1 Å². The van der Waals surface area contributed by atoms with E-state index in [0.29, 0.717) is 6.54 Å². The molecule has 1 aromatic rings. The smallest absolute Gasteiger partial charge is 0.407 e. The zero-order valence-corrected chi connectivity index (χ0v) is 9.72. The molecular weight excluding hydrogens is 236 g/mol. The van der Waals surface area contributed by atoms with Crippen molar-refractivity contribution in [1.29, 1.82) is 0 Å². The van der Waals surface area contributed by atoms with Crippen molar-refractivity contribution in [3.63, 3.8) is 0 Å². The van der Waals surface area contributed by atoms with Crippen LogP contribution in [0.3, 0.4) is 0 Å². The number of nitrogens with one attached hydrogen (secondary N) is 2. The van der Waals surface area contributed by atoms with Crippen LogP contribution in [0, 0.1) is 0 Å². The van der Waals surface area contributed by atoms with Gasteiger partial charge in [-0.15, -0.1) is 0 Å². The molecular formula is C12H14N2O4. The van der Waals surface area contributed by atoms with E-state index in [0.717, 1.165) is 5.56 Å². The van der Waals surface area contributed by atoms with Gasteiger partial charge in [-0.05, 0) is 5.56 Å². The number of hydrogen-bond acceptors (Lipinski definition) is 4. The summed E-state index contributed by atoms with van der Waals surface area (Å²) in [4.78, 5) is 22.1. The van der Waals surface area contributed by atoms with Crippen LogP contribution in [0.5, 0.6) is 0 Å². The number of amides is 2. The third kappa shape index (κ3) is 3.65. The molecule has 0 aliphatic carbocycles. The van der Waals surface area contributed by atoms with Gasteiger partial charge in [-0.25, -0.2) is 9.59 Å². The summed E-state index contributed by atoms with van der Waals surface area (Å²) in [7, 11) is 0. The zero-order chi connectivity index (χ0) is 12.8. The topological polar surface area (TPSA) is 76.7 Å². The van der Waals surface area contributed by atoms with E-state index in [2.05, 4.69) is 10.6 Å². The van der Waals surface area contributed by atoms with Crippen molar-refractivity contribution in [2.45, 2.75) is 12.7 Å². The maximum Gasteiger partial charge on any atom is 0.407 e. The third-order valence-electron chi connectivity index (χ3n) is 2.43. The van der Waals surface area contributed by atoms with Gasteiger partial charge in [-0.1, -0.05) is 30.3 Å². The highest BCUT2D eigenvalue weighted by Gasteiger charge is 2.22. The van der Waals surface area contributed by atoms with Crippen LogP contribution in [0.25, 0.3) is 0 Å². The van der Waals surface area contributed by atoms with Crippen LogP contribution < -0.4 is 10.6 Å². The lowest BCUT2D eigenvalue weighted by Gasteiger charge is -2.10. The fraction of sp³-hybridized carbons (Fsp3) is 0.333. The van der Waals surface area contributed by atoms with Gasteiger partial charge >= 0.3 is 12.2 Å². The predicted octanol–water partition coefficient (Wildman–Crippen LogP) is 1.02. The summed E-state index contributed by atoms with van der Waals surface area (Å²) in [6.45, 7) is 0.861. The standard InChI is InChI=1S/C12H14N2O4/c15-11(13-6-10-7-14-12(16)18-10)17-8-9-4-2-1-3-5-9/h1-5,10H,6-8H2,(H,13,15)(H,14,16)/t10-/m0/s1. The number of ether oxygens (including phenoxy) is 2. The van der Waals surface area contributed by atoms with Gasteiger partial charge in [0.1, 0.15) is 12.7 Å². The summed E-state index contributed by atoms with van der Waals surface area (Å²) < 4.78 is 9.86. The molecule has 0 bridgehead atoms. The first-order chi connectivity index (χ1) is 8.74. The number of carbonyl (C=O) groups is 2. The van der Waals surface area contributed by atoms with Gasteiger partial charge < -0.3 is 20.1 Å². The number of cyclic esters (lactones) is 1. The van der Waals surface area contributed by atoms with Gasteiger partial charge in [0.25, 0.3) is 0 Å². The van der Waals surface area contributed by atoms with E-state index < -0.39 is 12.2 Å². The highest BCUT2D eigenvalue weighted by Crippen LogP contribution is 2.01. The van der Waals surface area contributed by atoms with E-state index in [9.17, 15) is 9.59 Å². The van der Waals surface area contributed by atoms with E-state index in [1.807, 2.05) is 30.3 Å². The summed E-state index contributed by atoms with van der Waals surface area (Å²) in [5.74, 6) is 0. The van der Waals surface area contributed by atoms with Crippen molar-refractivity contribution in [2.75, 3.05) is 13.1 Å². The van der Waals surface area contributed by atoms with Crippen LogP contribution in [-0.4, -0.2) is 31.4 Å². The summed E-state index contributed by atoms with van der Waals surface area (Å²) in [5, 5.41) is 5.03. The molecule has 2 N–H and O–H groups in total. The molecule has 0 aromatic heterocycles. The Morgan fingerprint density at radius 1 is 1.44 bits per heavy atom. The van der Waals surface area contributed by atoms with Gasteiger partial charge in [-0.3, -0.25) is 0 Å². The SMILES string of the molecule is O=C(NC[C@H]1CNC(=O)O1)OCc1ccccc1. The van der Waals surface area contributed by atoms with Crippen molar-refractivity contribution < 1.29 is 19.1 Å². The second-order valence-corrected chi connectivity index (χ2v) is 3.85. The van der Waals surface area contributed by atoms with Crippen molar-refractivity contribution in [3.8, 4) is 0 Å². The van der Waals surface area contributed by atoms with Crippen molar-refractivity contribution >= 4 is 12.2 Å². The first-order valence-electron chi connectivity index (χ1n) is 5.63. The van der Waals surface area contributed by atoms with Crippen LogP contribution in [0.4, 0.5) is 9.59 Å². The summed E-state index contributed by atoms with van der Waals surface area (Å²) in [6, 6.07) is 9.39. The molecule has 1 aliphatic rings. The van der Waals surface area contributed by atoms with Crippen LogP contribution in [0.2, 0.25) is 0 Å². The van der Waals surface area contributed by atoms with Gasteiger partial charge in [-0.2, -0.15) is 0 Å². The molecule has 2 rings (SSSR count). The minimum atomic E-state index is -0.526. The van der Waals surface area contributed by atoms with E-state index in [4.69, 9.17) is 9.47 Å². The largest absolute Gasteiger partial charge is 0.445 e. The van der Waals surface area contributed by atoms with Gasteiger partial charge in [0.2, 0.25) is 0 Å². The monoisotopic (exact) mass is 250 g/mol. The molecule has 1 fully saturated rings. The molecule has 6 nitrogen and oxygen atoms in total. The first kappa shape index (κ1) is 12.2.